The van der Waals surface area contributed by atoms with Gasteiger partial charge in [-0.05, 0) is 23.8 Å². The minimum absolute atomic E-state index is 0.0126. The van der Waals surface area contributed by atoms with E-state index in [1.165, 1.54) is 31.3 Å². The highest BCUT2D eigenvalue weighted by molar-refractivity contribution is 6.07. The van der Waals surface area contributed by atoms with Gasteiger partial charge in [-0.3, -0.25) is 14.4 Å². The number of carbonyl (C=O) groups is 4. The molecule has 0 aromatic heterocycles. The second-order valence-electron chi connectivity index (χ2n) is 8.34. The molecule has 2 atom stereocenters. The third kappa shape index (κ3) is 5.45. The first-order valence-electron chi connectivity index (χ1n) is 11.5. The summed E-state index contributed by atoms with van der Waals surface area (Å²) in [6, 6.07) is 18.3. The van der Waals surface area contributed by atoms with Crippen molar-refractivity contribution in [2.75, 3.05) is 14.2 Å². The highest BCUT2D eigenvalue weighted by Crippen LogP contribution is 2.31. The smallest absolute Gasteiger partial charge is 0.331 e. The van der Waals surface area contributed by atoms with E-state index in [1.54, 1.807) is 30.3 Å². The molecule has 0 saturated carbocycles. The van der Waals surface area contributed by atoms with Gasteiger partial charge in [0.2, 0.25) is 5.91 Å². The summed E-state index contributed by atoms with van der Waals surface area (Å²) in [4.78, 5) is 52.0. The Morgan fingerprint density at radius 2 is 1.70 bits per heavy atom. The number of nitrogens with zero attached hydrogens (tertiary/aromatic N) is 1. The zero-order valence-electron chi connectivity index (χ0n) is 20.4. The minimum Gasteiger partial charge on any atom is -0.497 e. The predicted molar refractivity (Wildman–Crippen MR) is 133 cm³/mol. The van der Waals surface area contributed by atoms with E-state index in [9.17, 15) is 19.2 Å². The van der Waals surface area contributed by atoms with Crippen LogP contribution in [0.25, 0.3) is 0 Å². The van der Waals surface area contributed by atoms with Gasteiger partial charge < -0.3 is 24.4 Å². The Bertz CT molecular complexity index is 1310. The van der Waals surface area contributed by atoms with E-state index >= 15 is 0 Å². The minimum atomic E-state index is -1.15. The van der Waals surface area contributed by atoms with E-state index in [-0.39, 0.29) is 24.3 Å². The van der Waals surface area contributed by atoms with E-state index in [1.807, 2.05) is 30.3 Å². The number of hydrogen-bond donors (Lipinski definition) is 1. The van der Waals surface area contributed by atoms with E-state index in [0.29, 0.717) is 23.3 Å². The highest BCUT2D eigenvalue weighted by atomic mass is 16.5. The van der Waals surface area contributed by atoms with Crippen LogP contribution in [0.15, 0.2) is 72.8 Å². The van der Waals surface area contributed by atoms with Crippen LogP contribution in [0, 0.1) is 0 Å². The van der Waals surface area contributed by atoms with E-state index in [4.69, 9.17) is 14.2 Å². The molecule has 1 aliphatic heterocycles. The molecule has 3 aromatic carbocycles. The number of rotatable bonds is 10. The second-order valence-corrected chi connectivity index (χ2v) is 8.34. The molecule has 2 amide bonds. The molecule has 1 heterocycles. The Labute approximate surface area is 213 Å². The summed E-state index contributed by atoms with van der Waals surface area (Å²) in [5.74, 6) is -0.700. The largest absolute Gasteiger partial charge is 0.497 e. The van der Waals surface area contributed by atoms with Crippen LogP contribution in [0.4, 0.5) is 0 Å². The average Bonchev–Trinajstić information content (AvgIpc) is 2.95. The molecular weight excluding hydrogens is 476 g/mol. The third-order valence-corrected chi connectivity index (χ3v) is 6.12. The van der Waals surface area contributed by atoms with Crippen LogP contribution in [-0.4, -0.2) is 55.3 Å². The van der Waals surface area contributed by atoms with Crippen molar-refractivity contribution in [1.29, 1.82) is 0 Å². The third-order valence-electron chi connectivity index (χ3n) is 6.12. The summed E-state index contributed by atoms with van der Waals surface area (Å²) < 4.78 is 16.2. The van der Waals surface area contributed by atoms with E-state index in [2.05, 4.69) is 5.32 Å². The van der Waals surface area contributed by atoms with Gasteiger partial charge in [-0.1, -0.05) is 48.5 Å². The summed E-state index contributed by atoms with van der Waals surface area (Å²) >= 11 is 0. The fourth-order valence-corrected chi connectivity index (χ4v) is 4.13. The normalized spacial score (nSPS) is 16.4. The van der Waals surface area contributed by atoms with Crippen LogP contribution < -0.4 is 14.8 Å². The summed E-state index contributed by atoms with van der Waals surface area (Å²) in [6.07, 6.45) is 0.561. The van der Waals surface area contributed by atoms with Crippen LogP contribution in [-0.2, 0) is 27.5 Å². The monoisotopic (exact) mass is 502 g/mol. The lowest BCUT2D eigenvalue weighted by atomic mass is 9.93. The Morgan fingerprint density at radius 1 is 0.973 bits per heavy atom. The lowest BCUT2D eigenvalue weighted by molar-refractivity contribution is -0.171. The lowest BCUT2D eigenvalue weighted by Gasteiger charge is -2.45. The van der Waals surface area contributed by atoms with Crippen molar-refractivity contribution in [2.24, 2.45) is 0 Å². The maximum Gasteiger partial charge on any atom is 0.331 e. The number of likely N-dealkylation sites (tertiary alicyclic amines) is 1. The van der Waals surface area contributed by atoms with Crippen LogP contribution in [0.2, 0.25) is 0 Å². The number of ether oxygens (including phenoxy) is 3. The van der Waals surface area contributed by atoms with Gasteiger partial charge in [0.05, 0.1) is 20.8 Å². The number of β-lactam (4-membered cyclic amide) rings is 1. The molecule has 0 aliphatic carbocycles. The maximum atomic E-state index is 13.2. The SMILES string of the molecule is COc1ccc(CN2C(=O)[C@@H](NC(=O)c3ccccc3C=O)[C@H]2C(=O)OCc2ccccc2)c(OC)c1. The van der Waals surface area contributed by atoms with Gasteiger partial charge in [0.25, 0.3) is 5.91 Å². The predicted octanol–water partition coefficient (Wildman–Crippen LogP) is 2.77. The number of carbonyl (C=O) groups excluding carboxylic acids is 4. The Balaban J connectivity index is 1.57. The van der Waals surface area contributed by atoms with Gasteiger partial charge in [-0.25, -0.2) is 4.79 Å². The van der Waals surface area contributed by atoms with Gasteiger partial charge in [0.1, 0.15) is 24.1 Å². The average molecular weight is 503 g/mol. The first-order chi connectivity index (χ1) is 18.0. The fourth-order valence-electron chi connectivity index (χ4n) is 4.13. The summed E-state index contributed by atoms with van der Waals surface area (Å²) in [5.41, 5.74) is 1.71. The van der Waals surface area contributed by atoms with Crippen LogP contribution >= 0.6 is 0 Å². The van der Waals surface area contributed by atoms with E-state index in [0.717, 1.165) is 5.56 Å². The number of hydrogen-bond acceptors (Lipinski definition) is 7. The van der Waals surface area contributed by atoms with Crippen molar-refractivity contribution in [2.45, 2.75) is 25.2 Å². The van der Waals surface area contributed by atoms with Crippen molar-refractivity contribution in [3.63, 3.8) is 0 Å². The molecule has 0 bridgehead atoms. The van der Waals surface area contributed by atoms with Crippen molar-refractivity contribution in [3.8, 4) is 11.5 Å². The number of methoxy groups -OCH3 is 2. The molecule has 1 aliphatic rings. The fraction of sp³-hybridized carbons (Fsp3) is 0.214. The molecule has 190 valence electrons. The molecule has 0 unspecified atom stereocenters. The molecule has 1 saturated heterocycles. The quantitative estimate of drug-likeness (QED) is 0.258. The number of nitrogens with one attached hydrogen (secondary N) is 1. The van der Waals surface area contributed by atoms with Crippen LogP contribution in [0.5, 0.6) is 11.5 Å². The van der Waals surface area contributed by atoms with Crippen molar-refractivity contribution in [3.05, 3.63) is 95.1 Å². The summed E-state index contributed by atoms with van der Waals surface area (Å²) in [6.45, 7) is 0.0626. The Hall–Kier alpha value is -4.66. The molecule has 0 spiro atoms. The highest BCUT2D eigenvalue weighted by Gasteiger charge is 2.53. The van der Waals surface area contributed by atoms with Crippen LogP contribution in [0.3, 0.4) is 0 Å². The molecule has 0 radical (unpaired) electrons. The molecule has 3 aromatic rings. The molecule has 1 N–H and O–H groups in total. The van der Waals surface area contributed by atoms with Crippen molar-refractivity contribution < 1.29 is 33.4 Å². The number of esters is 1. The molecule has 9 heteroatoms. The maximum absolute atomic E-state index is 13.2. The topological polar surface area (TPSA) is 111 Å². The van der Waals surface area contributed by atoms with Crippen molar-refractivity contribution >= 4 is 24.1 Å². The Kier molecular flexibility index (Phi) is 7.83. The zero-order chi connectivity index (χ0) is 26.4. The van der Waals surface area contributed by atoms with Gasteiger partial charge in [0.15, 0.2) is 12.3 Å². The second kappa shape index (κ2) is 11.4. The molecular formula is C28H26N2O7. The number of amides is 2. The number of benzene rings is 3. The van der Waals surface area contributed by atoms with Gasteiger partial charge >= 0.3 is 5.97 Å². The molecule has 37 heavy (non-hydrogen) atoms. The summed E-state index contributed by atoms with van der Waals surface area (Å²) in [7, 11) is 3.03. The summed E-state index contributed by atoms with van der Waals surface area (Å²) in [5, 5.41) is 2.61. The van der Waals surface area contributed by atoms with Gasteiger partial charge in [0, 0.05) is 22.8 Å². The first kappa shape index (κ1) is 25.4. The Morgan fingerprint density at radius 3 is 2.41 bits per heavy atom. The van der Waals surface area contributed by atoms with E-state index < -0.39 is 29.9 Å². The van der Waals surface area contributed by atoms with Crippen LogP contribution in [0.1, 0.15) is 31.8 Å². The zero-order valence-corrected chi connectivity index (χ0v) is 20.4. The standard InChI is InChI=1S/C28H26N2O7/c1-35-21-13-12-19(23(14-21)36-2)15-30-25(28(34)37-17-18-8-4-3-5-9-18)24(27(30)33)29-26(32)22-11-7-6-10-20(22)16-31/h3-14,16,24-25H,15,17H2,1-2H3,(H,29,32)/t24-,25-/m0/s1. The van der Waals surface area contributed by atoms with Crippen molar-refractivity contribution in [1.82, 2.24) is 10.2 Å². The molecule has 4 rings (SSSR count). The molecule has 9 nitrogen and oxygen atoms in total. The number of aldehydes is 1. The first-order valence-corrected chi connectivity index (χ1v) is 11.5. The van der Waals surface area contributed by atoms with Gasteiger partial charge in [-0.2, -0.15) is 0 Å². The van der Waals surface area contributed by atoms with Gasteiger partial charge in [-0.15, -0.1) is 0 Å². The lowest BCUT2D eigenvalue weighted by Crippen LogP contribution is -2.73. The molecule has 1 fully saturated rings.